The van der Waals surface area contributed by atoms with Crippen molar-refractivity contribution < 1.29 is 24.1 Å². The molecule has 1 rings (SSSR count). The van der Waals surface area contributed by atoms with Crippen LogP contribution in [0.3, 0.4) is 0 Å². The molecule has 1 amide bonds. The molecule has 204 valence electrons. The van der Waals surface area contributed by atoms with Crippen LogP contribution in [0.15, 0.2) is 18.2 Å². The molecular formula is C27H49ClN2O5. The Morgan fingerprint density at radius 1 is 1.17 bits per heavy atom. The maximum absolute atomic E-state index is 12.5. The smallest absolute Gasteiger partial charge is 0.225 e. The molecule has 35 heavy (non-hydrogen) atoms. The van der Waals surface area contributed by atoms with Crippen LogP contribution in [-0.4, -0.2) is 57.1 Å². The maximum Gasteiger partial charge on any atom is 0.225 e. The second kappa shape index (κ2) is 17.0. The molecule has 0 spiro atoms. The molecule has 3 atom stereocenters. The number of nitrogens with two attached hydrogens (primary N) is 1. The van der Waals surface area contributed by atoms with E-state index in [0.717, 1.165) is 37.0 Å². The zero-order chi connectivity index (χ0) is 25.7. The summed E-state index contributed by atoms with van der Waals surface area (Å²) in [5.41, 5.74) is 7.06. The molecule has 1 aromatic rings. The standard InChI is InChI=1S/C27H48N2O5.ClH/c1-8-12-27(4,5)26(31)29-18-23(30)22(28)17-21(19(2)3)15-20-10-11-24(33-7)25(16-20)34-14-9-13-32-6;/h10-11,16,19,21-23,30H,8-9,12-15,17-18,28H2,1-7H3,(H,29,31);1H/t21-,22-,23-;/m0./s1. The van der Waals surface area contributed by atoms with Crippen molar-refractivity contribution in [2.45, 2.75) is 78.9 Å². The molecule has 0 radical (unpaired) electrons. The van der Waals surface area contributed by atoms with Crippen LogP contribution in [-0.2, 0) is 16.0 Å². The zero-order valence-electron chi connectivity index (χ0n) is 22.8. The Morgan fingerprint density at radius 2 is 1.86 bits per heavy atom. The molecular weight excluding hydrogens is 468 g/mol. The van der Waals surface area contributed by atoms with E-state index in [9.17, 15) is 9.90 Å². The molecule has 1 aromatic carbocycles. The normalized spacial score (nSPS) is 14.1. The zero-order valence-corrected chi connectivity index (χ0v) is 23.6. The van der Waals surface area contributed by atoms with Crippen molar-refractivity contribution in [2.75, 3.05) is 34.0 Å². The van der Waals surface area contributed by atoms with Crippen molar-refractivity contribution in [1.82, 2.24) is 5.32 Å². The first-order chi connectivity index (χ1) is 16.0. The van der Waals surface area contributed by atoms with E-state index in [1.54, 1.807) is 14.2 Å². The summed E-state index contributed by atoms with van der Waals surface area (Å²) in [7, 11) is 3.31. The van der Waals surface area contributed by atoms with Crippen LogP contribution < -0.4 is 20.5 Å². The number of rotatable bonds is 17. The highest BCUT2D eigenvalue weighted by Gasteiger charge is 2.28. The number of hydrogen-bond acceptors (Lipinski definition) is 6. The van der Waals surface area contributed by atoms with Crippen molar-refractivity contribution in [1.29, 1.82) is 0 Å². The minimum Gasteiger partial charge on any atom is -0.493 e. The van der Waals surface area contributed by atoms with Crippen LogP contribution in [0, 0.1) is 17.3 Å². The van der Waals surface area contributed by atoms with Gasteiger partial charge in [-0.3, -0.25) is 4.79 Å². The van der Waals surface area contributed by atoms with E-state index in [4.69, 9.17) is 19.9 Å². The second-order valence-electron chi connectivity index (χ2n) is 10.2. The van der Waals surface area contributed by atoms with Gasteiger partial charge >= 0.3 is 0 Å². The molecule has 0 heterocycles. The van der Waals surface area contributed by atoms with Gasteiger partial charge in [0.2, 0.25) is 5.91 Å². The van der Waals surface area contributed by atoms with Gasteiger partial charge in [-0.2, -0.15) is 0 Å². The lowest BCUT2D eigenvalue weighted by Gasteiger charge is -2.29. The predicted octanol–water partition coefficient (Wildman–Crippen LogP) is 4.37. The fourth-order valence-electron chi connectivity index (χ4n) is 4.07. The van der Waals surface area contributed by atoms with E-state index in [0.29, 0.717) is 31.3 Å². The van der Waals surface area contributed by atoms with E-state index >= 15 is 0 Å². The summed E-state index contributed by atoms with van der Waals surface area (Å²) >= 11 is 0. The Kier molecular flexibility index (Phi) is 16.3. The summed E-state index contributed by atoms with van der Waals surface area (Å²) in [4.78, 5) is 12.5. The minimum atomic E-state index is -0.793. The molecule has 4 N–H and O–H groups in total. The molecule has 0 aliphatic heterocycles. The first kappa shape index (κ1) is 33.5. The maximum atomic E-state index is 12.5. The number of benzene rings is 1. The van der Waals surface area contributed by atoms with Gasteiger partial charge in [0.15, 0.2) is 11.5 Å². The third-order valence-corrected chi connectivity index (χ3v) is 6.45. The quantitative estimate of drug-likeness (QED) is 0.266. The fourth-order valence-corrected chi connectivity index (χ4v) is 4.07. The molecule has 0 unspecified atom stereocenters. The number of aliphatic hydroxyl groups excluding tert-OH is 1. The third-order valence-electron chi connectivity index (χ3n) is 6.45. The summed E-state index contributed by atoms with van der Waals surface area (Å²) in [5, 5.41) is 13.5. The van der Waals surface area contributed by atoms with E-state index in [-0.39, 0.29) is 30.8 Å². The van der Waals surface area contributed by atoms with Crippen molar-refractivity contribution in [3.63, 3.8) is 0 Å². The highest BCUT2D eigenvalue weighted by molar-refractivity contribution is 5.85. The first-order valence-corrected chi connectivity index (χ1v) is 12.6. The number of methoxy groups -OCH3 is 2. The van der Waals surface area contributed by atoms with Crippen LogP contribution in [0.4, 0.5) is 0 Å². The number of amides is 1. The molecule has 8 heteroatoms. The van der Waals surface area contributed by atoms with Gasteiger partial charge in [0.05, 0.1) is 19.8 Å². The van der Waals surface area contributed by atoms with Crippen molar-refractivity contribution >= 4 is 18.3 Å². The van der Waals surface area contributed by atoms with Gasteiger partial charge in [-0.25, -0.2) is 0 Å². The fraction of sp³-hybridized carbons (Fsp3) is 0.741. The highest BCUT2D eigenvalue weighted by atomic mass is 35.5. The monoisotopic (exact) mass is 516 g/mol. The number of carbonyl (C=O) groups excluding carboxylic acids is 1. The van der Waals surface area contributed by atoms with E-state index in [1.165, 1.54) is 0 Å². The van der Waals surface area contributed by atoms with Crippen LogP contribution >= 0.6 is 12.4 Å². The molecule has 0 bridgehead atoms. The Hall–Kier alpha value is -1.54. The van der Waals surface area contributed by atoms with Gasteiger partial charge in [-0.15, -0.1) is 12.4 Å². The van der Waals surface area contributed by atoms with Gasteiger partial charge in [-0.05, 0) is 48.8 Å². The van der Waals surface area contributed by atoms with Gasteiger partial charge < -0.3 is 30.4 Å². The lowest BCUT2D eigenvalue weighted by Crippen LogP contribution is -2.47. The Bertz CT molecular complexity index is 730. The lowest BCUT2D eigenvalue weighted by molar-refractivity contribution is -0.130. The molecule has 7 nitrogen and oxygen atoms in total. The van der Waals surface area contributed by atoms with Crippen molar-refractivity contribution in [3.05, 3.63) is 23.8 Å². The SMILES string of the molecule is CCCC(C)(C)C(=O)NC[C@H](O)[C@@H](N)C[C@H](Cc1ccc(OC)c(OCCCOC)c1)C(C)C.Cl. The Labute approximate surface area is 218 Å². The van der Waals surface area contributed by atoms with Crippen molar-refractivity contribution in [2.24, 2.45) is 23.0 Å². The molecule has 0 aliphatic rings. The lowest BCUT2D eigenvalue weighted by atomic mass is 9.83. The molecule has 0 saturated heterocycles. The number of ether oxygens (including phenoxy) is 3. The molecule has 0 saturated carbocycles. The van der Waals surface area contributed by atoms with E-state index in [1.807, 2.05) is 32.0 Å². The minimum absolute atomic E-state index is 0. The van der Waals surface area contributed by atoms with Crippen LogP contribution in [0.1, 0.15) is 65.9 Å². The number of halogens is 1. The summed E-state index contributed by atoms with van der Waals surface area (Å²) in [6.45, 7) is 11.6. The van der Waals surface area contributed by atoms with Crippen LogP contribution in [0.2, 0.25) is 0 Å². The number of aliphatic hydroxyl groups is 1. The Morgan fingerprint density at radius 3 is 2.43 bits per heavy atom. The Balaban J connectivity index is 0.0000116. The van der Waals surface area contributed by atoms with Crippen LogP contribution in [0.5, 0.6) is 11.5 Å². The summed E-state index contributed by atoms with van der Waals surface area (Å²) in [5.74, 6) is 2.03. The highest BCUT2D eigenvalue weighted by Crippen LogP contribution is 2.31. The number of nitrogens with one attached hydrogen (secondary N) is 1. The average Bonchev–Trinajstić information content (AvgIpc) is 2.79. The first-order valence-electron chi connectivity index (χ1n) is 12.6. The molecule has 0 aliphatic carbocycles. The van der Waals surface area contributed by atoms with Crippen LogP contribution in [0.25, 0.3) is 0 Å². The molecule has 0 fully saturated rings. The van der Waals surface area contributed by atoms with Gasteiger partial charge in [-0.1, -0.05) is 47.1 Å². The third kappa shape index (κ3) is 11.8. The summed E-state index contributed by atoms with van der Waals surface area (Å²) < 4.78 is 16.5. The largest absolute Gasteiger partial charge is 0.493 e. The van der Waals surface area contributed by atoms with Gasteiger partial charge in [0.25, 0.3) is 0 Å². The van der Waals surface area contributed by atoms with E-state index in [2.05, 4.69) is 26.1 Å². The number of hydrogen-bond donors (Lipinski definition) is 3. The topological polar surface area (TPSA) is 103 Å². The second-order valence-corrected chi connectivity index (χ2v) is 10.2. The van der Waals surface area contributed by atoms with E-state index < -0.39 is 17.6 Å². The molecule has 0 aromatic heterocycles. The van der Waals surface area contributed by atoms with Crippen molar-refractivity contribution in [3.8, 4) is 11.5 Å². The van der Waals surface area contributed by atoms with Gasteiger partial charge in [0, 0.05) is 38.1 Å². The summed E-state index contributed by atoms with van der Waals surface area (Å²) in [6, 6.07) is 5.58. The number of carbonyl (C=O) groups is 1. The summed E-state index contributed by atoms with van der Waals surface area (Å²) in [6.07, 6.45) is 3.21. The average molecular weight is 517 g/mol. The van der Waals surface area contributed by atoms with Gasteiger partial charge in [0.1, 0.15) is 0 Å². The predicted molar refractivity (Wildman–Crippen MR) is 145 cm³/mol.